The molecule has 2 N–H and O–H groups in total. The molecular weight excluding hydrogens is 364 g/mol. The quantitative estimate of drug-likeness (QED) is 0.799. The number of nitrogens with zero attached hydrogens (tertiary/aromatic N) is 1. The molecule has 1 unspecified atom stereocenters. The maximum atomic E-state index is 13.0. The molecule has 1 aliphatic carbocycles. The third-order valence-corrected chi connectivity index (χ3v) is 6.98. The van der Waals surface area contributed by atoms with Crippen LogP contribution in [0.3, 0.4) is 0 Å². The maximum Gasteiger partial charge on any atom is 0.310 e. The molecule has 2 aromatic rings. The normalized spacial score (nSPS) is 19.0. The topological polar surface area (TPSA) is 86.7 Å². The van der Waals surface area contributed by atoms with Crippen LogP contribution in [-0.4, -0.2) is 34.3 Å². The molecule has 1 amide bonds. The Balaban J connectivity index is 1.67. The lowest BCUT2D eigenvalue weighted by Gasteiger charge is -2.23. The zero-order chi connectivity index (χ0) is 19.2. The van der Waals surface area contributed by atoms with E-state index in [0.717, 1.165) is 29.3 Å². The summed E-state index contributed by atoms with van der Waals surface area (Å²) >= 11 is 0. The highest BCUT2D eigenvalue weighted by atomic mass is 32.2. The lowest BCUT2D eigenvalue weighted by molar-refractivity contribution is -0.148. The number of hydrogen-bond donors (Lipinski definition) is 2. The third-order valence-electron chi connectivity index (χ3n) is 5.82. The minimum Gasteiger partial charge on any atom is -0.481 e. The molecule has 7 heteroatoms. The Hall–Kier alpha value is -2.25. The molecule has 27 heavy (non-hydrogen) atoms. The van der Waals surface area contributed by atoms with E-state index < -0.39 is 22.4 Å². The molecule has 0 saturated heterocycles. The van der Waals surface area contributed by atoms with Crippen LogP contribution < -0.4 is 9.62 Å². The largest absolute Gasteiger partial charge is 0.481 e. The first-order valence-electron chi connectivity index (χ1n) is 9.25. The molecule has 142 valence electrons. The average molecular weight is 386 g/mol. The fourth-order valence-corrected chi connectivity index (χ4v) is 5.42. The Morgan fingerprint density at radius 2 is 2.00 bits per heavy atom. The fraction of sp³-hybridized carbons (Fsp3) is 0.400. The van der Waals surface area contributed by atoms with Crippen molar-refractivity contribution in [2.24, 2.45) is 5.41 Å². The number of anilines is 1. The van der Waals surface area contributed by atoms with E-state index >= 15 is 0 Å². The second kappa shape index (κ2) is 6.73. The molecule has 2 aliphatic rings. The van der Waals surface area contributed by atoms with E-state index in [1.807, 2.05) is 19.1 Å². The van der Waals surface area contributed by atoms with Crippen molar-refractivity contribution in [1.82, 2.24) is 4.72 Å². The number of aliphatic carboxylic acids is 1. The molecule has 1 atom stereocenters. The van der Waals surface area contributed by atoms with Gasteiger partial charge in [-0.15, -0.1) is 0 Å². The Labute approximate surface area is 160 Å². The number of carboxylic acids is 1. The number of amides is 1. The van der Waals surface area contributed by atoms with E-state index in [1.54, 1.807) is 23.1 Å². The van der Waals surface area contributed by atoms with Crippen molar-refractivity contribution in [2.45, 2.75) is 37.5 Å². The van der Waals surface area contributed by atoms with Gasteiger partial charge < -0.3 is 10.0 Å². The molecule has 2 aromatic carbocycles. The molecule has 1 aliphatic heterocycles. The Morgan fingerprint density at radius 3 is 2.67 bits per heavy atom. The smallest absolute Gasteiger partial charge is 0.310 e. The van der Waals surface area contributed by atoms with Gasteiger partial charge in [-0.05, 0) is 38.0 Å². The van der Waals surface area contributed by atoms with Crippen LogP contribution in [0.15, 0.2) is 35.2 Å². The minimum atomic E-state index is -1.55. The first-order valence-corrected chi connectivity index (χ1v) is 10.4. The van der Waals surface area contributed by atoms with Crippen LogP contribution in [0.25, 0.3) is 10.8 Å². The van der Waals surface area contributed by atoms with Crippen LogP contribution in [0.2, 0.25) is 0 Å². The van der Waals surface area contributed by atoms with Crippen molar-refractivity contribution in [3.63, 3.8) is 0 Å². The summed E-state index contributed by atoms with van der Waals surface area (Å²) in [4.78, 5) is 26.6. The highest BCUT2D eigenvalue weighted by Gasteiger charge is 2.41. The zero-order valence-corrected chi connectivity index (χ0v) is 16.0. The average Bonchev–Trinajstić information content (AvgIpc) is 3.26. The minimum absolute atomic E-state index is 0.0372. The number of rotatable bonds is 6. The predicted molar refractivity (Wildman–Crippen MR) is 104 cm³/mol. The van der Waals surface area contributed by atoms with Crippen LogP contribution in [0.5, 0.6) is 0 Å². The summed E-state index contributed by atoms with van der Waals surface area (Å²) in [6.45, 7) is 2.68. The van der Waals surface area contributed by atoms with Gasteiger partial charge in [0.2, 0.25) is 0 Å². The number of carbonyl (C=O) groups excluding carboxylic acids is 1. The van der Waals surface area contributed by atoms with Gasteiger partial charge in [0.1, 0.15) is 11.0 Å². The Bertz CT molecular complexity index is 966. The van der Waals surface area contributed by atoms with Gasteiger partial charge in [-0.1, -0.05) is 25.0 Å². The standard InChI is InChI=1S/C20H22N2O4S/c1-2-22-15-8-9-16(13-6-5-7-14(17(13)15)18(22)23)27(26)21-12-20(19(24)25)10-3-4-11-20/h5-9,21H,2-4,10-12H2,1H3,(H,24,25). The summed E-state index contributed by atoms with van der Waals surface area (Å²) in [5, 5.41) is 11.2. The zero-order valence-electron chi connectivity index (χ0n) is 15.2. The highest BCUT2D eigenvalue weighted by molar-refractivity contribution is 7.83. The summed E-state index contributed by atoms with van der Waals surface area (Å²) in [6.07, 6.45) is 2.99. The molecule has 1 heterocycles. The van der Waals surface area contributed by atoms with Crippen molar-refractivity contribution >= 4 is 39.3 Å². The van der Waals surface area contributed by atoms with E-state index in [1.165, 1.54) is 0 Å². The first kappa shape index (κ1) is 18.1. The van der Waals surface area contributed by atoms with E-state index in [0.29, 0.717) is 29.8 Å². The van der Waals surface area contributed by atoms with Gasteiger partial charge in [-0.2, -0.15) is 0 Å². The molecule has 4 rings (SSSR count). The molecule has 0 bridgehead atoms. The monoisotopic (exact) mass is 386 g/mol. The van der Waals surface area contributed by atoms with Crippen molar-refractivity contribution in [1.29, 1.82) is 0 Å². The first-order chi connectivity index (χ1) is 13.0. The molecule has 1 saturated carbocycles. The molecule has 1 fully saturated rings. The SMILES string of the molecule is CCN1C(=O)c2cccc3c(S(=O)NCC4(C(=O)O)CCCC4)ccc1c23. The van der Waals surface area contributed by atoms with E-state index in [-0.39, 0.29) is 12.5 Å². The Kier molecular flexibility index (Phi) is 4.52. The number of hydrogen-bond acceptors (Lipinski definition) is 3. The fourth-order valence-electron chi connectivity index (χ4n) is 4.29. The lowest BCUT2D eigenvalue weighted by Crippen LogP contribution is -2.39. The molecular formula is C20H22N2O4S. The van der Waals surface area contributed by atoms with Crippen LogP contribution in [0.1, 0.15) is 43.0 Å². The maximum absolute atomic E-state index is 13.0. The van der Waals surface area contributed by atoms with E-state index in [2.05, 4.69) is 4.72 Å². The summed E-state index contributed by atoms with van der Waals surface area (Å²) in [6, 6.07) is 9.06. The van der Waals surface area contributed by atoms with Gasteiger partial charge in [0.15, 0.2) is 0 Å². The summed E-state index contributed by atoms with van der Waals surface area (Å²) in [5.41, 5.74) is 0.632. The second-order valence-electron chi connectivity index (χ2n) is 7.24. The van der Waals surface area contributed by atoms with Crippen LogP contribution in [0, 0.1) is 5.41 Å². The summed E-state index contributed by atoms with van der Waals surface area (Å²) in [7, 11) is -1.55. The van der Waals surface area contributed by atoms with Gasteiger partial charge in [-0.3, -0.25) is 9.59 Å². The lowest BCUT2D eigenvalue weighted by atomic mass is 9.87. The van der Waals surface area contributed by atoms with Crippen LogP contribution in [-0.2, 0) is 15.8 Å². The molecule has 0 aromatic heterocycles. The van der Waals surface area contributed by atoms with Crippen LogP contribution >= 0.6 is 0 Å². The number of carbonyl (C=O) groups is 2. The van der Waals surface area contributed by atoms with Crippen molar-refractivity contribution in [2.75, 3.05) is 18.0 Å². The van der Waals surface area contributed by atoms with E-state index in [4.69, 9.17) is 0 Å². The van der Waals surface area contributed by atoms with Crippen molar-refractivity contribution in [3.05, 3.63) is 35.9 Å². The molecule has 0 spiro atoms. The van der Waals surface area contributed by atoms with Crippen molar-refractivity contribution < 1.29 is 18.9 Å². The van der Waals surface area contributed by atoms with Crippen molar-refractivity contribution in [3.8, 4) is 0 Å². The predicted octanol–water partition coefficient (Wildman–Crippen LogP) is 3.08. The van der Waals surface area contributed by atoms with E-state index in [9.17, 15) is 18.9 Å². The van der Waals surface area contributed by atoms with Gasteiger partial charge >= 0.3 is 5.97 Å². The summed E-state index contributed by atoms with van der Waals surface area (Å²) in [5.74, 6) is -0.862. The number of nitrogens with one attached hydrogen (secondary N) is 1. The summed E-state index contributed by atoms with van der Waals surface area (Å²) < 4.78 is 15.9. The number of benzene rings is 2. The highest BCUT2D eigenvalue weighted by Crippen LogP contribution is 2.40. The molecule has 6 nitrogen and oxygen atoms in total. The van der Waals surface area contributed by atoms with Gasteiger partial charge in [-0.25, -0.2) is 8.93 Å². The van der Waals surface area contributed by atoms with Gasteiger partial charge in [0.05, 0.1) is 16.0 Å². The Morgan fingerprint density at radius 1 is 1.26 bits per heavy atom. The van der Waals surface area contributed by atoms with Gasteiger partial charge in [0.25, 0.3) is 5.91 Å². The molecule has 0 radical (unpaired) electrons. The second-order valence-corrected chi connectivity index (χ2v) is 8.51. The number of carboxylic acid groups (broad SMARTS) is 1. The van der Waals surface area contributed by atoms with Gasteiger partial charge in [0, 0.05) is 29.4 Å². The third kappa shape index (κ3) is 2.76. The van der Waals surface area contributed by atoms with Crippen LogP contribution in [0.4, 0.5) is 5.69 Å².